The highest BCUT2D eigenvalue weighted by Gasteiger charge is 2.70. The number of nitrogens with one attached hydrogen (secondary N) is 1. The lowest BCUT2D eigenvalue weighted by molar-refractivity contribution is -0.121. The van der Waals surface area contributed by atoms with E-state index in [1.165, 1.54) is 12.5 Å². The number of epoxide rings is 2. The molecule has 170 valence electrons. The SMILES string of the molecule is CC(=O)[C@H](NC(=O)O[C@@H]1CC[C@]2(CO2)[C@@H]([C@@]2(C)O[C@@H]2CC=C(C)C)[C@@H]1C)C(C)(C)C. The molecule has 6 heteroatoms. The lowest BCUT2D eigenvalue weighted by Gasteiger charge is -2.42. The first-order valence-electron chi connectivity index (χ1n) is 11.2. The summed E-state index contributed by atoms with van der Waals surface area (Å²) in [7, 11) is 0. The van der Waals surface area contributed by atoms with Crippen LogP contribution in [0.4, 0.5) is 4.79 Å². The average molecular weight is 422 g/mol. The van der Waals surface area contributed by atoms with Crippen molar-refractivity contribution in [2.24, 2.45) is 17.3 Å². The minimum atomic E-state index is -0.574. The van der Waals surface area contributed by atoms with Crippen molar-refractivity contribution in [3.63, 3.8) is 0 Å². The summed E-state index contributed by atoms with van der Waals surface area (Å²) < 4.78 is 18.0. The Morgan fingerprint density at radius 1 is 1.27 bits per heavy atom. The van der Waals surface area contributed by atoms with E-state index in [0.29, 0.717) is 0 Å². The van der Waals surface area contributed by atoms with Crippen molar-refractivity contribution in [3.05, 3.63) is 11.6 Å². The molecule has 30 heavy (non-hydrogen) atoms. The van der Waals surface area contributed by atoms with Crippen LogP contribution in [0.1, 0.15) is 74.7 Å². The van der Waals surface area contributed by atoms with E-state index in [1.807, 2.05) is 20.8 Å². The predicted octanol–water partition coefficient (Wildman–Crippen LogP) is 4.41. The minimum absolute atomic E-state index is 0.0691. The molecule has 2 heterocycles. The first-order valence-corrected chi connectivity index (χ1v) is 11.2. The zero-order chi connectivity index (χ0) is 22.5. The second-order valence-electron chi connectivity index (χ2n) is 11.0. The number of ether oxygens (including phenoxy) is 3. The zero-order valence-corrected chi connectivity index (χ0v) is 19.8. The monoisotopic (exact) mass is 421 g/mol. The van der Waals surface area contributed by atoms with E-state index in [-0.39, 0.29) is 46.4 Å². The fraction of sp³-hybridized carbons (Fsp3) is 0.833. The van der Waals surface area contributed by atoms with Crippen molar-refractivity contribution in [3.8, 4) is 0 Å². The Hall–Kier alpha value is -1.40. The van der Waals surface area contributed by atoms with Crippen molar-refractivity contribution in [1.82, 2.24) is 5.32 Å². The van der Waals surface area contributed by atoms with Crippen molar-refractivity contribution in [2.45, 2.75) is 104 Å². The maximum atomic E-state index is 12.7. The van der Waals surface area contributed by atoms with E-state index in [1.54, 1.807) is 0 Å². The standard InChI is InChI=1S/C24H39NO5/c1-14(2)9-10-18-23(8,30-18)19-15(3)17(11-12-24(19)13-28-24)29-21(27)25-20(16(4)26)22(5,6)7/h9,15,17-20H,10-13H2,1-8H3,(H,25,27)/t15-,17-,18-,19-,20+,23+,24+/m1/s1. The number of rotatable bonds is 6. The lowest BCUT2D eigenvalue weighted by Crippen LogP contribution is -2.53. The Bertz CT molecular complexity index is 716. The summed E-state index contributed by atoms with van der Waals surface area (Å²) in [6, 6.07) is -0.574. The summed E-state index contributed by atoms with van der Waals surface area (Å²) in [6.45, 7) is 16.6. The van der Waals surface area contributed by atoms with Crippen molar-refractivity contribution < 1.29 is 23.8 Å². The van der Waals surface area contributed by atoms with Gasteiger partial charge in [-0.15, -0.1) is 0 Å². The molecule has 3 rings (SSSR count). The molecule has 1 spiro atoms. The van der Waals surface area contributed by atoms with Crippen LogP contribution in [0.3, 0.4) is 0 Å². The van der Waals surface area contributed by atoms with Crippen LogP contribution < -0.4 is 5.32 Å². The van der Waals surface area contributed by atoms with Gasteiger partial charge in [0.2, 0.25) is 0 Å². The van der Waals surface area contributed by atoms with Gasteiger partial charge in [-0.25, -0.2) is 4.79 Å². The van der Waals surface area contributed by atoms with Crippen molar-refractivity contribution >= 4 is 11.9 Å². The molecule has 1 aliphatic carbocycles. The highest BCUT2D eigenvalue weighted by molar-refractivity contribution is 5.86. The molecule has 1 amide bonds. The third kappa shape index (κ3) is 4.59. The first kappa shape index (κ1) is 23.3. The Morgan fingerprint density at radius 3 is 2.40 bits per heavy atom. The molecule has 0 aromatic rings. The fourth-order valence-electron chi connectivity index (χ4n) is 5.51. The summed E-state index contributed by atoms with van der Waals surface area (Å²) in [5.41, 5.74) is 0.523. The molecule has 0 unspecified atom stereocenters. The zero-order valence-electron chi connectivity index (χ0n) is 19.8. The van der Waals surface area contributed by atoms with Gasteiger partial charge in [-0.05, 0) is 52.4 Å². The Balaban J connectivity index is 1.68. The van der Waals surface area contributed by atoms with E-state index in [0.717, 1.165) is 25.9 Å². The molecule has 2 saturated heterocycles. The van der Waals surface area contributed by atoms with Gasteiger partial charge in [-0.2, -0.15) is 0 Å². The maximum absolute atomic E-state index is 12.7. The van der Waals surface area contributed by atoms with Gasteiger partial charge in [0.25, 0.3) is 0 Å². The quantitative estimate of drug-likeness (QED) is 0.507. The molecule has 3 aliphatic rings. The normalized spacial score (nSPS) is 38.5. The highest BCUT2D eigenvalue weighted by atomic mass is 16.6. The number of allylic oxidation sites excluding steroid dienone is 1. The van der Waals surface area contributed by atoms with Gasteiger partial charge in [0.15, 0.2) is 5.78 Å². The van der Waals surface area contributed by atoms with Gasteiger partial charge in [-0.1, -0.05) is 39.3 Å². The number of hydrogen-bond acceptors (Lipinski definition) is 5. The second-order valence-corrected chi connectivity index (χ2v) is 11.0. The van der Waals surface area contributed by atoms with Gasteiger partial charge in [0, 0.05) is 11.8 Å². The molecule has 2 aliphatic heterocycles. The van der Waals surface area contributed by atoms with Gasteiger partial charge in [0.1, 0.15) is 6.10 Å². The molecule has 6 nitrogen and oxygen atoms in total. The second kappa shape index (κ2) is 7.94. The number of ketones is 1. The smallest absolute Gasteiger partial charge is 0.408 e. The van der Waals surface area contributed by atoms with E-state index in [9.17, 15) is 9.59 Å². The van der Waals surface area contributed by atoms with E-state index in [4.69, 9.17) is 14.2 Å². The fourth-order valence-corrected chi connectivity index (χ4v) is 5.51. The Labute approximate surface area is 181 Å². The van der Waals surface area contributed by atoms with Gasteiger partial charge in [-0.3, -0.25) is 4.79 Å². The largest absolute Gasteiger partial charge is 0.446 e. The summed E-state index contributed by atoms with van der Waals surface area (Å²) in [6.07, 6.45) is 4.19. The van der Waals surface area contributed by atoms with Gasteiger partial charge < -0.3 is 19.5 Å². The van der Waals surface area contributed by atoms with Crippen LogP contribution in [0.25, 0.3) is 0 Å². The molecular formula is C24H39NO5. The molecule has 1 N–H and O–H groups in total. The third-order valence-electron chi connectivity index (χ3n) is 7.18. The molecule has 0 radical (unpaired) electrons. The van der Waals surface area contributed by atoms with Crippen LogP contribution in [-0.4, -0.2) is 47.9 Å². The van der Waals surface area contributed by atoms with Gasteiger partial charge >= 0.3 is 6.09 Å². The molecule has 0 bridgehead atoms. The molecular weight excluding hydrogens is 382 g/mol. The van der Waals surface area contributed by atoms with Crippen LogP contribution in [0, 0.1) is 17.3 Å². The number of carbonyl (C=O) groups excluding carboxylic acids is 2. The first-order chi connectivity index (χ1) is 13.8. The molecule has 0 aromatic heterocycles. The maximum Gasteiger partial charge on any atom is 0.408 e. The molecule has 1 saturated carbocycles. The van der Waals surface area contributed by atoms with Crippen LogP contribution in [-0.2, 0) is 19.0 Å². The summed E-state index contributed by atoms with van der Waals surface area (Å²) in [5.74, 6) is 0.220. The Kier molecular flexibility index (Phi) is 6.16. The molecule has 3 fully saturated rings. The van der Waals surface area contributed by atoms with Crippen LogP contribution in [0.5, 0.6) is 0 Å². The molecule has 7 atom stereocenters. The van der Waals surface area contributed by atoms with Crippen LogP contribution in [0.15, 0.2) is 11.6 Å². The average Bonchev–Trinajstić information content (AvgIpc) is 3.51. The summed E-state index contributed by atoms with van der Waals surface area (Å²) >= 11 is 0. The van der Waals surface area contributed by atoms with E-state index < -0.39 is 12.1 Å². The third-order valence-corrected chi connectivity index (χ3v) is 7.18. The van der Waals surface area contributed by atoms with E-state index in [2.05, 4.69) is 39.1 Å². The van der Waals surface area contributed by atoms with Crippen LogP contribution >= 0.6 is 0 Å². The lowest BCUT2D eigenvalue weighted by atomic mass is 9.64. The van der Waals surface area contributed by atoms with E-state index >= 15 is 0 Å². The van der Waals surface area contributed by atoms with Crippen molar-refractivity contribution in [2.75, 3.05) is 6.61 Å². The number of Topliss-reactive ketones (excluding diaryl/α,β-unsaturated/α-hetero) is 1. The summed E-state index contributed by atoms with van der Waals surface area (Å²) in [4.78, 5) is 24.7. The molecule has 0 aromatic carbocycles. The number of amides is 1. The highest BCUT2D eigenvalue weighted by Crippen LogP contribution is 2.60. The Morgan fingerprint density at radius 2 is 1.90 bits per heavy atom. The topological polar surface area (TPSA) is 80.5 Å². The number of alkyl carbamates (subject to hydrolysis) is 1. The van der Waals surface area contributed by atoms with Gasteiger partial charge in [0.05, 0.1) is 30.0 Å². The number of hydrogen-bond donors (Lipinski definition) is 1. The predicted molar refractivity (Wildman–Crippen MR) is 115 cm³/mol. The summed E-state index contributed by atoms with van der Waals surface area (Å²) in [5, 5.41) is 2.79. The minimum Gasteiger partial charge on any atom is -0.446 e. The number of carbonyl (C=O) groups is 2. The van der Waals surface area contributed by atoms with Crippen LogP contribution in [0.2, 0.25) is 0 Å². The van der Waals surface area contributed by atoms with Crippen molar-refractivity contribution in [1.29, 1.82) is 0 Å².